The molecule has 0 aliphatic heterocycles. The van der Waals surface area contributed by atoms with Gasteiger partial charge in [0.25, 0.3) is 0 Å². The van der Waals surface area contributed by atoms with E-state index in [1.807, 2.05) is 0 Å². The van der Waals surface area contributed by atoms with E-state index < -0.39 is 0 Å². The maximum Gasteiger partial charge on any atom is 0.302 e. The molecule has 2 nitrogen and oxygen atoms in total. The standard InChI is InChI=1S/C18H35ClO2/c1-3-4-5-6-7-8-9-11-14-18(19)15-12-10-13-16-21-17(2)20/h18H,3-16H2,1-2H3. The summed E-state index contributed by atoms with van der Waals surface area (Å²) in [5.74, 6) is -0.181. The van der Waals surface area contributed by atoms with Crippen molar-refractivity contribution in [2.45, 2.75) is 103 Å². The van der Waals surface area contributed by atoms with Gasteiger partial charge in [0.05, 0.1) is 6.61 Å². The lowest BCUT2D eigenvalue weighted by molar-refractivity contribution is -0.141. The molecule has 0 saturated heterocycles. The maximum atomic E-state index is 10.6. The van der Waals surface area contributed by atoms with Crippen molar-refractivity contribution in [2.75, 3.05) is 6.61 Å². The van der Waals surface area contributed by atoms with Crippen LogP contribution in [0.25, 0.3) is 0 Å². The van der Waals surface area contributed by atoms with E-state index in [1.54, 1.807) is 0 Å². The monoisotopic (exact) mass is 318 g/mol. The predicted octanol–water partition coefficient (Wildman–Crippen LogP) is 6.25. The molecule has 126 valence electrons. The second-order valence-corrected chi connectivity index (χ2v) is 6.67. The van der Waals surface area contributed by atoms with E-state index >= 15 is 0 Å². The lowest BCUT2D eigenvalue weighted by Gasteiger charge is -2.09. The molecule has 0 rings (SSSR count). The highest BCUT2D eigenvalue weighted by atomic mass is 35.5. The molecule has 3 heteroatoms. The molecule has 0 saturated carbocycles. The van der Waals surface area contributed by atoms with Crippen molar-refractivity contribution in [1.82, 2.24) is 0 Å². The number of hydrogen-bond acceptors (Lipinski definition) is 2. The molecule has 0 radical (unpaired) electrons. The molecule has 0 fully saturated rings. The Morgan fingerprint density at radius 1 is 0.857 bits per heavy atom. The Labute approximate surface area is 137 Å². The highest BCUT2D eigenvalue weighted by Crippen LogP contribution is 2.17. The molecule has 1 atom stereocenters. The summed E-state index contributed by atoms with van der Waals surface area (Å²) in [6.07, 6.45) is 16.4. The highest BCUT2D eigenvalue weighted by molar-refractivity contribution is 6.20. The molecule has 0 amide bonds. The van der Waals surface area contributed by atoms with Gasteiger partial charge in [0.1, 0.15) is 0 Å². The van der Waals surface area contributed by atoms with Gasteiger partial charge in [-0.15, -0.1) is 11.6 Å². The molecular weight excluding hydrogens is 284 g/mol. The summed E-state index contributed by atoms with van der Waals surface area (Å²) in [6.45, 7) is 4.27. The fourth-order valence-corrected chi connectivity index (χ4v) is 2.81. The van der Waals surface area contributed by atoms with Crippen LogP contribution in [0.1, 0.15) is 97.3 Å². The molecule has 0 heterocycles. The number of alkyl halides is 1. The summed E-state index contributed by atoms with van der Waals surface area (Å²) < 4.78 is 4.90. The van der Waals surface area contributed by atoms with E-state index in [9.17, 15) is 4.79 Å². The third kappa shape index (κ3) is 17.7. The van der Waals surface area contributed by atoms with Crippen LogP contribution in [0, 0.1) is 0 Å². The quantitative estimate of drug-likeness (QED) is 0.203. The number of carbonyl (C=O) groups is 1. The smallest absolute Gasteiger partial charge is 0.302 e. The third-order valence-corrected chi connectivity index (χ3v) is 4.27. The zero-order valence-corrected chi connectivity index (χ0v) is 14.9. The SMILES string of the molecule is CCCCCCCCCCC(Cl)CCCCCOC(C)=O. The molecule has 0 spiro atoms. The van der Waals surface area contributed by atoms with Gasteiger partial charge in [-0.05, 0) is 19.3 Å². The largest absolute Gasteiger partial charge is 0.466 e. The van der Waals surface area contributed by atoms with Gasteiger partial charge in [-0.1, -0.05) is 71.1 Å². The molecule has 0 aliphatic carbocycles. The van der Waals surface area contributed by atoms with Crippen molar-refractivity contribution >= 4 is 17.6 Å². The molecule has 0 aromatic rings. The second kappa shape index (κ2) is 16.1. The molecule has 0 aromatic heterocycles. The minimum atomic E-state index is -0.181. The van der Waals surface area contributed by atoms with E-state index in [4.69, 9.17) is 16.3 Å². The number of hydrogen-bond donors (Lipinski definition) is 0. The van der Waals surface area contributed by atoms with Crippen molar-refractivity contribution in [3.05, 3.63) is 0 Å². The summed E-state index contributed by atoms with van der Waals surface area (Å²) in [5, 5.41) is 0.332. The summed E-state index contributed by atoms with van der Waals surface area (Å²) in [6, 6.07) is 0. The average Bonchev–Trinajstić information content (AvgIpc) is 2.45. The van der Waals surface area contributed by atoms with Crippen LogP contribution in [0.5, 0.6) is 0 Å². The predicted molar refractivity (Wildman–Crippen MR) is 92.0 cm³/mol. The number of carbonyl (C=O) groups excluding carboxylic acids is 1. The van der Waals surface area contributed by atoms with Crippen molar-refractivity contribution in [3.63, 3.8) is 0 Å². The van der Waals surface area contributed by atoms with Gasteiger partial charge in [0.15, 0.2) is 0 Å². The Morgan fingerprint density at radius 3 is 1.86 bits per heavy atom. The van der Waals surface area contributed by atoms with Gasteiger partial charge >= 0.3 is 5.97 Å². The Hall–Kier alpha value is -0.240. The van der Waals surface area contributed by atoms with Crippen LogP contribution < -0.4 is 0 Å². The Morgan fingerprint density at radius 2 is 1.33 bits per heavy atom. The van der Waals surface area contributed by atoms with Crippen LogP contribution in [0.4, 0.5) is 0 Å². The molecule has 21 heavy (non-hydrogen) atoms. The van der Waals surface area contributed by atoms with Crippen molar-refractivity contribution in [1.29, 1.82) is 0 Å². The summed E-state index contributed by atoms with van der Waals surface area (Å²) in [7, 11) is 0. The summed E-state index contributed by atoms with van der Waals surface area (Å²) in [5.41, 5.74) is 0. The third-order valence-electron chi connectivity index (χ3n) is 3.84. The van der Waals surface area contributed by atoms with Gasteiger partial charge in [-0.3, -0.25) is 4.79 Å². The lowest BCUT2D eigenvalue weighted by Crippen LogP contribution is -2.02. The lowest BCUT2D eigenvalue weighted by atomic mass is 10.0. The highest BCUT2D eigenvalue weighted by Gasteiger charge is 2.04. The van der Waals surface area contributed by atoms with E-state index in [0.717, 1.165) is 32.1 Å². The zero-order valence-electron chi connectivity index (χ0n) is 14.2. The first-order valence-corrected chi connectivity index (χ1v) is 9.38. The van der Waals surface area contributed by atoms with Gasteiger partial charge in [-0.25, -0.2) is 0 Å². The van der Waals surface area contributed by atoms with Gasteiger partial charge in [-0.2, -0.15) is 0 Å². The van der Waals surface area contributed by atoms with Crippen molar-refractivity contribution in [2.24, 2.45) is 0 Å². The fraction of sp³-hybridized carbons (Fsp3) is 0.944. The molecule has 0 aliphatic rings. The first kappa shape index (κ1) is 20.8. The number of halogens is 1. The number of esters is 1. The van der Waals surface area contributed by atoms with E-state index in [0.29, 0.717) is 12.0 Å². The average molecular weight is 319 g/mol. The van der Waals surface area contributed by atoms with Crippen molar-refractivity contribution in [3.8, 4) is 0 Å². The van der Waals surface area contributed by atoms with Crippen LogP contribution in [0.2, 0.25) is 0 Å². The van der Waals surface area contributed by atoms with Crippen LogP contribution in [-0.4, -0.2) is 18.0 Å². The molecule has 1 unspecified atom stereocenters. The number of ether oxygens (including phenoxy) is 1. The van der Waals surface area contributed by atoms with Crippen LogP contribution in [-0.2, 0) is 9.53 Å². The maximum absolute atomic E-state index is 10.6. The zero-order chi connectivity index (χ0) is 15.8. The van der Waals surface area contributed by atoms with Crippen LogP contribution >= 0.6 is 11.6 Å². The van der Waals surface area contributed by atoms with Gasteiger partial charge in [0, 0.05) is 12.3 Å². The minimum absolute atomic E-state index is 0.181. The van der Waals surface area contributed by atoms with E-state index in [1.165, 1.54) is 58.3 Å². The summed E-state index contributed by atoms with van der Waals surface area (Å²) >= 11 is 6.34. The molecule has 0 aromatic carbocycles. The van der Waals surface area contributed by atoms with Crippen LogP contribution in [0.3, 0.4) is 0 Å². The Balaban J connectivity index is 3.16. The normalized spacial score (nSPS) is 12.3. The topological polar surface area (TPSA) is 26.3 Å². The summed E-state index contributed by atoms with van der Waals surface area (Å²) in [4.78, 5) is 10.6. The molecule has 0 N–H and O–H groups in total. The van der Waals surface area contributed by atoms with Gasteiger partial charge < -0.3 is 4.74 Å². The Kier molecular flexibility index (Phi) is 16.0. The van der Waals surface area contributed by atoms with E-state index in [2.05, 4.69) is 6.92 Å². The first-order chi connectivity index (χ1) is 10.2. The van der Waals surface area contributed by atoms with Gasteiger partial charge in [0.2, 0.25) is 0 Å². The second-order valence-electron chi connectivity index (χ2n) is 6.05. The molecular formula is C18H35ClO2. The minimum Gasteiger partial charge on any atom is -0.466 e. The molecule has 0 bridgehead atoms. The Bertz CT molecular complexity index is 231. The fourth-order valence-electron chi connectivity index (χ4n) is 2.50. The first-order valence-electron chi connectivity index (χ1n) is 8.94. The van der Waals surface area contributed by atoms with E-state index in [-0.39, 0.29) is 5.97 Å². The number of unbranched alkanes of at least 4 members (excludes halogenated alkanes) is 9. The van der Waals surface area contributed by atoms with Crippen molar-refractivity contribution < 1.29 is 9.53 Å². The van der Waals surface area contributed by atoms with Crippen LogP contribution in [0.15, 0.2) is 0 Å². The number of rotatable bonds is 15.